The van der Waals surface area contributed by atoms with Gasteiger partial charge in [0.05, 0.1) is 0 Å². The van der Waals surface area contributed by atoms with Crippen molar-refractivity contribution in [3.05, 3.63) is 29.8 Å². The summed E-state index contributed by atoms with van der Waals surface area (Å²) in [6, 6.07) is 9.77. The molecule has 0 heterocycles. The van der Waals surface area contributed by atoms with Crippen LogP contribution in [0, 0.1) is 5.92 Å². The third kappa shape index (κ3) is 4.26. The van der Waals surface area contributed by atoms with E-state index >= 15 is 0 Å². The summed E-state index contributed by atoms with van der Waals surface area (Å²) in [4.78, 5) is 0. The largest absolute Gasteiger partial charge is 0.382 e. The van der Waals surface area contributed by atoms with Gasteiger partial charge in [-0.25, -0.2) is 0 Å². The predicted molar refractivity (Wildman–Crippen MR) is 84.8 cm³/mol. The molecule has 1 heteroatoms. The molecule has 1 aliphatic rings. The van der Waals surface area contributed by atoms with E-state index in [0.717, 1.165) is 5.92 Å². The van der Waals surface area contributed by atoms with Crippen LogP contribution in [0.5, 0.6) is 0 Å². The molecule has 1 saturated carbocycles. The van der Waals surface area contributed by atoms with Crippen molar-refractivity contribution in [3.8, 4) is 0 Å². The molecule has 1 aliphatic carbocycles. The first-order chi connectivity index (χ1) is 9.19. The standard InChI is InChI=1S/C18H29N/c1-4-15(3)16-9-12-18(13-10-16)19-17-7-5-6-14(2)8-11-17/h9-10,12-15,17,19H,4-8,11H2,1-3H3. The van der Waals surface area contributed by atoms with Gasteiger partial charge in [0, 0.05) is 11.7 Å². The fourth-order valence-corrected chi connectivity index (χ4v) is 3.01. The first-order valence-electron chi connectivity index (χ1n) is 8.05. The maximum absolute atomic E-state index is 3.73. The first kappa shape index (κ1) is 14.4. The van der Waals surface area contributed by atoms with E-state index in [1.807, 2.05) is 0 Å². The van der Waals surface area contributed by atoms with Gasteiger partial charge in [0.25, 0.3) is 0 Å². The summed E-state index contributed by atoms with van der Waals surface area (Å²) in [5.74, 6) is 1.59. The van der Waals surface area contributed by atoms with E-state index in [9.17, 15) is 0 Å². The van der Waals surface area contributed by atoms with Gasteiger partial charge in [0.1, 0.15) is 0 Å². The quantitative estimate of drug-likeness (QED) is 0.696. The van der Waals surface area contributed by atoms with Crippen molar-refractivity contribution in [2.24, 2.45) is 5.92 Å². The molecule has 0 amide bonds. The molecule has 106 valence electrons. The van der Waals surface area contributed by atoms with E-state index in [1.54, 1.807) is 0 Å². The number of hydrogen-bond acceptors (Lipinski definition) is 1. The smallest absolute Gasteiger partial charge is 0.0342 e. The van der Waals surface area contributed by atoms with E-state index in [0.29, 0.717) is 12.0 Å². The summed E-state index contributed by atoms with van der Waals surface area (Å²) in [5, 5.41) is 3.73. The average Bonchev–Trinajstić information content (AvgIpc) is 2.64. The second-order valence-electron chi connectivity index (χ2n) is 6.39. The normalized spacial score (nSPS) is 25.6. The minimum Gasteiger partial charge on any atom is -0.382 e. The summed E-state index contributed by atoms with van der Waals surface area (Å²) in [6.07, 6.45) is 8.04. The Bertz CT molecular complexity index is 368. The molecule has 0 saturated heterocycles. The topological polar surface area (TPSA) is 12.0 Å². The van der Waals surface area contributed by atoms with Crippen LogP contribution in [0.4, 0.5) is 5.69 Å². The molecule has 1 nitrogen and oxygen atoms in total. The van der Waals surface area contributed by atoms with Gasteiger partial charge < -0.3 is 5.32 Å². The molecule has 19 heavy (non-hydrogen) atoms. The summed E-state index contributed by atoms with van der Waals surface area (Å²) < 4.78 is 0. The predicted octanol–water partition coefficient (Wildman–Crippen LogP) is 5.58. The molecule has 0 aromatic heterocycles. The average molecular weight is 259 g/mol. The van der Waals surface area contributed by atoms with Crippen molar-refractivity contribution < 1.29 is 0 Å². The highest BCUT2D eigenvalue weighted by Crippen LogP contribution is 2.26. The molecular weight excluding hydrogens is 230 g/mol. The molecule has 1 N–H and O–H groups in total. The summed E-state index contributed by atoms with van der Waals surface area (Å²) in [7, 11) is 0. The van der Waals surface area contributed by atoms with Gasteiger partial charge in [-0.3, -0.25) is 0 Å². The van der Waals surface area contributed by atoms with E-state index in [1.165, 1.54) is 49.8 Å². The monoisotopic (exact) mass is 259 g/mol. The van der Waals surface area contributed by atoms with Crippen LogP contribution in [0.1, 0.15) is 70.8 Å². The summed E-state index contributed by atoms with van der Waals surface area (Å²) in [5.41, 5.74) is 2.76. The lowest BCUT2D eigenvalue weighted by Crippen LogP contribution is -2.18. The molecule has 0 bridgehead atoms. The number of benzene rings is 1. The molecule has 1 aromatic carbocycles. The Balaban J connectivity index is 1.91. The zero-order valence-corrected chi connectivity index (χ0v) is 12.8. The van der Waals surface area contributed by atoms with Crippen LogP contribution in [0.15, 0.2) is 24.3 Å². The highest BCUT2D eigenvalue weighted by Gasteiger charge is 2.15. The van der Waals surface area contributed by atoms with Crippen molar-refractivity contribution in [1.82, 2.24) is 0 Å². The van der Waals surface area contributed by atoms with Crippen LogP contribution >= 0.6 is 0 Å². The van der Waals surface area contributed by atoms with Gasteiger partial charge in [0.15, 0.2) is 0 Å². The zero-order chi connectivity index (χ0) is 13.7. The number of nitrogens with one attached hydrogen (secondary N) is 1. The minimum atomic E-state index is 0.674. The third-order valence-electron chi connectivity index (χ3n) is 4.72. The molecule has 1 fully saturated rings. The lowest BCUT2D eigenvalue weighted by molar-refractivity contribution is 0.502. The third-order valence-corrected chi connectivity index (χ3v) is 4.72. The van der Waals surface area contributed by atoms with Crippen molar-refractivity contribution in [1.29, 1.82) is 0 Å². The molecule has 1 aromatic rings. The summed E-state index contributed by atoms with van der Waals surface area (Å²) in [6.45, 7) is 6.95. The van der Waals surface area contributed by atoms with Gasteiger partial charge in [-0.1, -0.05) is 45.7 Å². The number of hydrogen-bond donors (Lipinski definition) is 1. The van der Waals surface area contributed by atoms with Crippen molar-refractivity contribution in [2.45, 2.75) is 71.3 Å². The fraction of sp³-hybridized carbons (Fsp3) is 0.667. The van der Waals surface area contributed by atoms with Crippen LogP contribution < -0.4 is 5.32 Å². The Labute approximate surface area is 118 Å². The van der Waals surface area contributed by atoms with Gasteiger partial charge >= 0.3 is 0 Å². The van der Waals surface area contributed by atoms with E-state index in [-0.39, 0.29) is 0 Å². The maximum Gasteiger partial charge on any atom is 0.0342 e. The lowest BCUT2D eigenvalue weighted by atomic mass is 9.98. The highest BCUT2D eigenvalue weighted by molar-refractivity contribution is 5.46. The number of anilines is 1. The molecular formula is C18H29N. The van der Waals surface area contributed by atoms with Gasteiger partial charge in [-0.2, -0.15) is 0 Å². The van der Waals surface area contributed by atoms with Crippen LogP contribution in [0.3, 0.4) is 0 Å². The van der Waals surface area contributed by atoms with Crippen LogP contribution in [0.25, 0.3) is 0 Å². The van der Waals surface area contributed by atoms with Crippen LogP contribution in [-0.4, -0.2) is 6.04 Å². The lowest BCUT2D eigenvalue weighted by Gasteiger charge is -2.18. The fourth-order valence-electron chi connectivity index (χ4n) is 3.01. The molecule has 0 spiro atoms. The zero-order valence-electron chi connectivity index (χ0n) is 12.8. The van der Waals surface area contributed by atoms with E-state index in [4.69, 9.17) is 0 Å². The Kier molecular flexibility index (Phi) is 5.30. The second-order valence-corrected chi connectivity index (χ2v) is 6.39. The van der Waals surface area contributed by atoms with Crippen molar-refractivity contribution >= 4 is 5.69 Å². The Hall–Kier alpha value is -0.980. The molecule has 3 unspecified atom stereocenters. The van der Waals surface area contributed by atoms with Gasteiger partial charge in [-0.15, -0.1) is 0 Å². The first-order valence-corrected chi connectivity index (χ1v) is 8.05. The van der Waals surface area contributed by atoms with Crippen LogP contribution in [-0.2, 0) is 0 Å². The summed E-state index contributed by atoms with van der Waals surface area (Å²) >= 11 is 0. The van der Waals surface area contributed by atoms with Gasteiger partial charge in [-0.05, 0) is 55.2 Å². The van der Waals surface area contributed by atoms with E-state index in [2.05, 4.69) is 50.4 Å². The van der Waals surface area contributed by atoms with E-state index < -0.39 is 0 Å². The molecule has 0 radical (unpaired) electrons. The maximum atomic E-state index is 3.73. The number of rotatable bonds is 4. The highest BCUT2D eigenvalue weighted by atomic mass is 14.9. The minimum absolute atomic E-state index is 0.674. The second kappa shape index (κ2) is 6.98. The van der Waals surface area contributed by atoms with Crippen molar-refractivity contribution in [3.63, 3.8) is 0 Å². The molecule has 0 aliphatic heterocycles. The molecule has 2 rings (SSSR count). The Morgan fingerprint density at radius 3 is 2.53 bits per heavy atom. The van der Waals surface area contributed by atoms with Crippen LogP contribution in [0.2, 0.25) is 0 Å². The van der Waals surface area contributed by atoms with Crippen molar-refractivity contribution in [2.75, 3.05) is 5.32 Å². The molecule has 3 atom stereocenters. The Morgan fingerprint density at radius 2 is 1.84 bits per heavy atom. The Morgan fingerprint density at radius 1 is 1.11 bits per heavy atom. The van der Waals surface area contributed by atoms with Gasteiger partial charge in [0.2, 0.25) is 0 Å². The SMILES string of the molecule is CCC(C)c1ccc(NC2CCCC(C)CC2)cc1.